The second-order valence-corrected chi connectivity index (χ2v) is 7.44. The summed E-state index contributed by atoms with van der Waals surface area (Å²) in [6.45, 7) is 6.16. The Kier molecular flexibility index (Phi) is 4.91. The van der Waals surface area contributed by atoms with E-state index in [2.05, 4.69) is 11.9 Å². The summed E-state index contributed by atoms with van der Waals surface area (Å²) in [4.78, 5) is 0. The molecular weight excluding hydrogens is 296 g/mol. The van der Waals surface area contributed by atoms with Crippen LogP contribution in [0.5, 0.6) is 0 Å². The fraction of sp³-hybridized carbons (Fsp3) is 0.476. The van der Waals surface area contributed by atoms with Gasteiger partial charge >= 0.3 is 0 Å². The average Bonchev–Trinajstić information content (AvgIpc) is 3.03. The molecule has 0 radical (unpaired) electrons. The lowest BCUT2D eigenvalue weighted by Gasteiger charge is -2.36. The minimum Gasteiger partial charge on any atom is -0.392 e. The van der Waals surface area contributed by atoms with E-state index in [9.17, 15) is 5.11 Å². The Labute approximate surface area is 145 Å². The van der Waals surface area contributed by atoms with Crippen molar-refractivity contribution in [3.63, 3.8) is 0 Å². The van der Waals surface area contributed by atoms with E-state index < -0.39 is 0 Å². The number of hydrogen-bond donors (Lipinski definition) is 3. The third-order valence-electron chi connectivity index (χ3n) is 5.66. The maximum absolute atomic E-state index is 9.58. The monoisotopic (exact) mass is 324 g/mol. The number of para-hydroxylation sites is 1. The van der Waals surface area contributed by atoms with E-state index in [-0.39, 0.29) is 6.61 Å². The van der Waals surface area contributed by atoms with Gasteiger partial charge in [-0.15, -0.1) is 0 Å². The fourth-order valence-electron chi connectivity index (χ4n) is 4.26. The smallest absolute Gasteiger partial charge is 0.0702 e. The summed E-state index contributed by atoms with van der Waals surface area (Å²) in [5, 5.41) is 21.6. The summed E-state index contributed by atoms with van der Waals surface area (Å²) in [5.74, 6) is 0. The molecule has 128 valence electrons. The quantitative estimate of drug-likeness (QED) is 0.714. The second kappa shape index (κ2) is 6.94. The van der Waals surface area contributed by atoms with Crippen LogP contribution in [0.15, 0.2) is 47.7 Å². The standard InChI is InChI=1S/C21H28N2O/c1-15(2)20(23-19-8-4-3-7-16(19)14-24)17-13-21(10-5-6-11-21)12-9-18(17)22/h3-4,7-8,22-24H,1,5-6,9-14H2,2H3/b20-17-,22-18?. The molecule has 3 nitrogen and oxygen atoms in total. The van der Waals surface area contributed by atoms with E-state index in [4.69, 9.17) is 5.41 Å². The van der Waals surface area contributed by atoms with Gasteiger partial charge in [0.05, 0.1) is 6.61 Å². The molecule has 1 aromatic carbocycles. The summed E-state index contributed by atoms with van der Waals surface area (Å²) in [5.41, 5.74) is 5.99. The van der Waals surface area contributed by atoms with Crippen LogP contribution in [-0.2, 0) is 6.61 Å². The highest BCUT2D eigenvalue weighted by molar-refractivity contribution is 6.00. The molecule has 2 aliphatic carbocycles. The van der Waals surface area contributed by atoms with Gasteiger partial charge < -0.3 is 15.8 Å². The van der Waals surface area contributed by atoms with Crippen LogP contribution in [0.25, 0.3) is 0 Å². The van der Waals surface area contributed by atoms with Gasteiger partial charge in [0.2, 0.25) is 0 Å². The molecular formula is C21H28N2O. The Bertz CT molecular complexity index is 681. The van der Waals surface area contributed by atoms with Gasteiger partial charge in [0.25, 0.3) is 0 Å². The molecule has 3 heteroatoms. The number of aliphatic hydroxyl groups is 1. The summed E-state index contributed by atoms with van der Waals surface area (Å²) in [6.07, 6.45) is 8.25. The molecule has 3 N–H and O–H groups in total. The van der Waals surface area contributed by atoms with Crippen molar-refractivity contribution in [2.24, 2.45) is 5.41 Å². The molecule has 0 aliphatic heterocycles. The highest BCUT2D eigenvalue weighted by atomic mass is 16.3. The molecule has 0 unspecified atom stereocenters. The summed E-state index contributed by atoms with van der Waals surface area (Å²) >= 11 is 0. The molecule has 3 rings (SSSR count). The first-order chi connectivity index (χ1) is 11.5. The van der Waals surface area contributed by atoms with Crippen LogP contribution in [0.1, 0.15) is 57.4 Å². The van der Waals surface area contributed by atoms with E-state index in [1.54, 1.807) is 0 Å². The molecule has 0 saturated heterocycles. The van der Waals surface area contributed by atoms with Crippen molar-refractivity contribution in [2.45, 2.75) is 58.5 Å². The van der Waals surface area contributed by atoms with Crippen molar-refractivity contribution in [2.75, 3.05) is 5.32 Å². The molecule has 1 aromatic rings. The molecule has 2 aliphatic rings. The van der Waals surface area contributed by atoms with Gasteiger partial charge in [-0.05, 0) is 61.7 Å². The normalized spacial score (nSPS) is 21.8. The van der Waals surface area contributed by atoms with Crippen LogP contribution >= 0.6 is 0 Å². The summed E-state index contributed by atoms with van der Waals surface area (Å²) < 4.78 is 0. The lowest BCUT2D eigenvalue weighted by molar-refractivity contribution is 0.265. The number of nitrogens with one attached hydrogen (secondary N) is 2. The minimum atomic E-state index is 0.00333. The molecule has 0 heterocycles. The molecule has 2 fully saturated rings. The average molecular weight is 324 g/mol. The Morgan fingerprint density at radius 1 is 1.25 bits per heavy atom. The first kappa shape index (κ1) is 17.0. The van der Waals surface area contributed by atoms with Gasteiger partial charge in [0.1, 0.15) is 0 Å². The number of anilines is 1. The SMILES string of the molecule is C=C(C)/C(Nc1ccccc1CO)=C1\CC2(CCCC2)CCC1=N. The largest absolute Gasteiger partial charge is 0.392 e. The zero-order valence-electron chi connectivity index (χ0n) is 14.6. The Morgan fingerprint density at radius 3 is 2.62 bits per heavy atom. The molecule has 0 atom stereocenters. The zero-order valence-corrected chi connectivity index (χ0v) is 14.6. The second-order valence-electron chi connectivity index (χ2n) is 7.44. The highest BCUT2D eigenvalue weighted by Gasteiger charge is 2.39. The van der Waals surface area contributed by atoms with Crippen LogP contribution in [0.4, 0.5) is 5.69 Å². The van der Waals surface area contributed by atoms with Crippen molar-refractivity contribution >= 4 is 11.4 Å². The van der Waals surface area contributed by atoms with E-state index in [1.807, 2.05) is 31.2 Å². The van der Waals surface area contributed by atoms with Gasteiger partial charge in [0.15, 0.2) is 0 Å². The maximum atomic E-state index is 9.58. The lowest BCUT2D eigenvalue weighted by atomic mass is 9.69. The number of hydrogen-bond acceptors (Lipinski definition) is 3. The molecule has 2 saturated carbocycles. The van der Waals surface area contributed by atoms with Gasteiger partial charge in [-0.25, -0.2) is 0 Å². The van der Waals surface area contributed by atoms with Crippen LogP contribution in [0, 0.1) is 10.8 Å². The van der Waals surface area contributed by atoms with Crippen molar-refractivity contribution < 1.29 is 5.11 Å². The molecule has 24 heavy (non-hydrogen) atoms. The third-order valence-corrected chi connectivity index (χ3v) is 5.66. The van der Waals surface area contributed by atoms with Gasteiger partial charge in [-0.1, -0.05) is 37.6 Å². The van der Waals surface area contributed by atoms with Crippen molar-refractivity contribution in [1.29, 1.82) is 5.41 Å². The van der Waals surface area contributed by atoms with Gasteiger partial charge in [-0.2, -0.15) is 0 Å². The number of rotatable bonds is 4. The van der Waals surface area contributed by atoms with E-state index in [0.717, 1.165) is 53.1 Å². The van der Waals surface area contributed by atoms with Gasteiger partial charge in [-0.3, -0.25) is 0 Å². The Hall–Kier alpha value is -1.87. The van der Waals surface area contributed by atoms with E-state index in [0.29, 0.717) is 5.41 Å². The van der Waals surface area contributed by atoms with Crippen molar-refractivity contribution in [1.82, 2.24) is 0 Å². The molecule has 0 bridgehead atoms. The van der Waals surface area contributed by atoms with Crippen molar-refractivity contribution in [3.8, 4) is 0 Å². The van der Waals surface area contributed by atoms with Crippen LogP contribution in [0.2, 0.25) is 0 Å². The zero-order chi connectivity index (χ0) is 17.2. The Morgan fingerprint density at radius 2 is 1.96 bits per heavy atom. The van der Waals surface area contributed by atoms with Crippen LogP contribution in [-0.4, -0.2) is 10.8 Å². The number of benzene rings is 1. The van der Waals surface area contributed by atoms with Crippen molar-refractivity contribution in [3.05, 3.63) is 53.3 Å². The number of aliphatic hydroxyl groups excluding tert-OH is 1. The van der Waals surface area contributed by atoms with Crippen LogP contribution < -0.4 is 5.32 Å². The molecule has 0 amide bonds. The van der Waals surface area contributed by atoms with E-state index in [1.165, 1.54) is 25.7 Å². The minimum absolute atomic E-state index is 0.00333. The lowest BCUT2D eigenvalue weighted by Crippen LogP contribution is -2.28. The fourth-order valence-corrected chi connectivity index (χ4v) is 4.26. The van der Waals surface area contributed by atoms with Crippen LogP contribution in [0.3, 0.4) is 0 Å². The third kappa shape index (κ3) is 3.32. The Balaban J connectivity index is 1.97. The highest BCUT2D eigenvalue weighted by Crippen LogP contribution is 2.50. The molecule has 1 spiro atoms. The summed E-state index contributed by atoms with van der Waals surface area (Å²) in [7, 11) is 0. The number of allylic oxidation sites excluding steroid dienone is 2. The first-order valence-corrected chi connectivity index (χ1v) is 8.97. The predicted molar refractivity (Wildman–Crippen MR) is 100 cm³/mol. The van der Waals surface area contributed by atoms with E-state index >= 15 is 0 Å². The maximum Gasteiger partial charge on any atom is 0.0702 e. The topological polar surface area (TPSA) is 56.1 Å². The first-order valence-electron chi connectivity index (χ1n) is 8.97. The van der Waals surface area contributed by atoms with Gasteiger partial charge in [0, 0.05) is 22.7 Å². The predicted octanol–water partition coefficient (Wildman–Crippen LogP) is 5.19. The summed E-state index contributed by atoms with van der Waals surface area (Å²) in [6, 6.07) is 7.80. The molecule has 0 aromatic heterocycles.